The van der Waals surface area contributed by atoms with Crippen molar-refractivity contribution in [2.24, 2.45) is 0 Å². The maximum atomic E-state index is 13.8. The molecule has 0 aromatic heterocycles. The maximum absolute atomic E-state index is 13.8. The van der Waals surface area contributed by atoms with Gasteiger partial charge in [-0.15, -0.1) is 0 Å². The zero-order valence-electron chi connectivity index (χ0n) is 16.3. The number of carbonyl (C=O) groups is 1. The van der Waals surface area contributed by atoms with Gasteiger partial charge in [-0.3, -0.25) is 4.79 Å². The van der Waals surface area contributed by atoms with Crippen molar-refractivity contribution < 1.29 is 22.3 Å². The van der Waals surface area contributed by atoms with E-state index in [-0.39, 0.29) is 23.1 Å². The van der Waals surface area contributed by atoms with E-state index in [1.807, 2.05) is 18.2 Å². The third kappa shape index (κ3) is 4.07. The highest BCUT2D eigenvalue weighted by atomic mass is 32.2. The van der Waals surface area contributed by atoms with Crippen molar-refractivity contribution in [2.45, 2.75) is 17.4 Å². The number of fused-ring (bicyclic) bond motifs is 1. The molecule has 1 atom stereocenters. The summed E-state index contributed by atoms with van der Waals surface area (Å²) in [7, 11) is -3.26. The van der Waals surface area contributed by atoms with Crippen LogP contribution in [-0.4, -0.2) is 33.2 Å². The summed E-state index contributed by atoms with van der Waals surface area (Å²) in [5.41, 5.74) is 2.70. The topological polar surface area (TPSA) is 72.5 Å². The summed E-state index contributed by atoms with van der Waals surface area (Å²) in [4.78, 5) is 12.5. The molecular weight excluding hydrogens is 405 g/mol. The van der Waals surface area contributed by atoms with Crippen molar-refractivity contribution >= 4 is 15.7 Å². The first kappa shape index (κ1) is 20.1. The van der Waals surface area contributed by atoms with Crippen LogP contribution in [0.4, 0.5) is 4.39 Å². The number of para-hydroxylation sites is 1. The number of amides is 1. The van der Waals surface area contributed by atoms with E-state index in [1.54, 1.807) is 30.3 Å². The molecule has 1 N–H and O–H groups in total. The van der Waals surface area contributed by atoms with E-state index in [1.165, 1.54) is 24.5 Å². The van der Waals surface area contributed by atoms with Crippen LogP contribution in [0.5, 0.6) is 5.75 Å². The predicted octanol–water partition coefficient (Wildman–Crippen LogP) is 3.63. The van der Waals surface area contributed by atoms with E-state index in [9.17, 15) is 17.6 Å². The Balaban J connectivity index is 1.49. The SMILES string of the molecule is CS(=O)(=O)c1ccc(-c2cccc3c2O[C@@H](CNC(=O)c2ccccc2F)C3)cc1. The van der Waals surface area contributed by atoms with E-state index < -0.39 is 21.6 Å². The van der Waals surface area contributed by atoms with E-state index in [0.717, 1.165) is 22.4 Å². The van der Waals surface area contributed by atoms with Gasteiger partial charge < -0.3 is 10.1 Å². The highest BCUT2D eigenvalue weighted by Crippen LogP contribution is 2.38. The molecule has 4 rings (SSSR count). The standard InChI is InChI=1S/C23H20FNO4S/c1-30(27,28)18-11-9-15(10-12-18)19-7-4-5-16-13-17(29-22(16)19)14-25-23(26)20-6-2-3-8-21(20)24/h2-12,17H,13-14H2,1H3,(H,25,26)/t17-/m1/s1. The number of carbonyl (C=O) groups excluding carboxylic acids is 1. The molecule has 1 aliphatic rings. The Labute approximate surface area is 174 Å². The average molecular weight is 425 g/mol. The van der Waals surface area contributed by atoms with Gasteiger partial charge in [0.15, 0.2) is 9.84 Å². The summed E-state index contributed by atoms with van der Waals surface area (Å²) in [5, 5.41) is 2.73. The summed E-state index contributed by atoms with van der Waals surface area (Å²) in [6, 6.07) is 18.3. The molecule has 0 unspecified atom stereocenters. The van der Waals surface area contributed by atoms with E-state index in [0.29, 0.717) is 6.42 Å². The van der Waals surface area contributed by atoms with Crippen molar-refractivity contribution in [3.05, 3.63) is 83.7 Å². The molecule has 0 saturated carbocycles. The van der Waals surface area contributed by atoms with Crippen LogP contribution >= 0.6 is 0 Å². The predicted molar refractivity (Wildman–Crippen MR) is 112 cm³/mol. The Bertz CT molecular complexity index is 1210. The highest BCUT2D eigenvalue weighted by molar-refractivity contribution is 7.90. The number of hydrogen-bond donors (Lipinski definition) is 1. The fraction of sp³-hybridized carbons (Fsp3) is 0.174. The molecule has 7 heteroatoms. The Hall–Kier alpha value is -3.19. The molecule has 0 fully saturated rings. The first-order chi connectivity index (χ1) is 14.3. The lowest BCUT2D eigenvalue weighted by Crippen LogP contribution is -2.34. The summed E-state index contributed by atoms with van der Waals surface area (Å²) in [6.07, 6.45) is 1.51. The molecule has 0 aliphatic carbocycles. The van der Waals surface area contributed by atoms with Crippen LogP contribution < -0.4 is 10.1 Å². The van der Waals surface area contributed by atoms with Crippen LogP contribution in [0.15, 0.2) is 71.6 Å². The van der Waals surface area contributed by atoms with Crippen LogP contribution in [0.1, 0.15) is 15.9 Å². The maximum Gasteiger partial charge on any atom is 0.254 e. The third-order valence-corrected chi connectivity index (χ3v) is 6.16. The summed E-state index contributed by atoms with van der Waals surface area (Å²) in [6.45, 7) is 0.244. The van der Waals surface area contributed by atoms with Gasteiger partial charge in [0.05, 0.1) is 17.0 Å². The average Bonchev–Trinajstić information content (AvgIpc) is 3.15. The summed E-state index contributed by atoms with van der Waals surface area (Å²) in [5.74, 6) is -0.329. The smallest absolute Gasteiger partial charge is 0.254 e. The first-order valence-corrected chi connectivity index (χ1v) is 11.3. The molecule has 3 aromatic carbocycles. The number of ether oxygens (including phenoxy) is 1. The molecule has 1 aliphatic heterocycles. The lowest BCUT2D eigenvalue weighted by Gasteiger charge is -2.14. The second kappa shape index (κ2) is 7.91. The van der Waals surface area contributed by atoms with Gasteiger partial charge >= 0.3 is 0 Å². The first-order valence-electron chi connectivity index (χ1n) is 9.44. The van der Waals surface area contributed by atoms with Crippen molar-refractivity contribution in [2.75, 3.05) is 12.8 Å². The van der Waals surface area contributed by atoms with Gasteiger partial charge in [0, 0.05) is 18.2 Å². The van der Waals surface area contributed by atoms with Crippen molar-refractivity contribution in [3.63, 3.8) is 0 Å². The minimum absolute atomic E-state index is 0.000309. The van der Waals surface area contributed by atoms with Crippen molar-refractivity contribution in [1.82, 2.24) is 5.32 Å². The Kier molecular flexibility index (Phi) is 5.30. The van der Waals surface area contributed by atoms with Gasteiger partial charge in [-0.2, -0.15) is 0 Å². The van der Waals surface area contributed by atoms with Gasteiger partial charge in [-0.1, -0.05) is 42.5 Å². The molecule has 0 spiro atoms. The highest BCUT2D eigenvalue weighted by Gasteiger charge is 2.26. The Morgan fingerprint density at radius 2 is 1.80 bits per heavy atom. The van der Waals surface area contributed by atoms with E-state index in [2.05, 4.69) is 5.32 Å². The second-order valence-electron chi connectivity index (χ2n) is 7.22. The zero-order valence-corrected chi connectivity index (χ0v) is 17.1. The minimum Gasteiger partial charge on any atom is -0.487 e. The van der Waals surface area contributed by atoms with Crippen molar-refractivity contribution in [3.8, 4) is 16.9 Å². The summed E-state index contributed by atoms with van der Waals surface area (Å²) >= 11 is 0. The van der Waals surface area contributed by atoms with Gasteiger partial charge in [0.1, 0.15) is 17.7 Å². The quantitative estimate of drug-likeness (QED) is 0.678. The Morgan fingerprint density at radius 3 is 2.50 bits per heavy atom. The summed E-state index contributed by atoms with van der Waals surface area (Å²) < 4.78 is 43.2. The van der Waals surface area contributed by atoms with Crippen LogP contribution in [0.2, 0.25) is 0 Å². The number of benzene rings is 3. The number of halogens is 1. The molecule has 0 bridgehead atoms. The molecule has 5 nitrogen and oxygen atoms in total. The van der Waals surface area contributed by atoms with E-state index >= 15 is 0 Å². The molecule has 154 valence electrons. The molecule has 1 amide bonds. The number of rotatable bonds is 5. The Morgan fingerprint density at radius 1 is 1.07 bits per heavy atom. The van der Waals surface area contributed by atoms with Gasteiger partial charge in [0.2, 0.25) is 0 Å². The lowest BCUT2D eigenvalue weighted by atomic mass is 10.0. The normalized spacial score (nSPS) is 15.3. The van der Waals surface area contributed by atoms with Crippen LogP contribution in [0.25, 0.3) is 11.1 Å². The van der Waals surface area contributed by atoms with Crippen molar-refractivity contribution in [1.29, 1.82) is 0 Å². The molecule has 30 heavy (non-hydrogen) atoms. The fourth-order valence-corrected chi connectivity index (χ4v) is 4.14. The molecular formula is C23H20FNO4S. The number of hydrogen-bond acceptors (Lipinski definition) is 4. The molecule has 3 aromatic rings. The van der Waals surface area contributed by atoms with Gasteiger partial charge in [-0.25, -0.2) is 12.8 Å². The minimum atomic E-state index is -3.26. The third-order valence-electron chi connectivity index (χ3n) is 5.03. The molecule has 1 heterocycles. The largest absolute Gasteiger partial charge is 0.487 e. The monoisotopic (exact) mass is 425 g/mol. The van der Waals surface area contributed by atoms with Gasteiger partial charge in [0.25, 0.3) is 5.91 Å². The zero-order chi connectivity index (χ0) is 21.3. The lowest BCUT2D eigenvalue weighted by molar-refractivity contribution is 0.0929. The molecule has 0 radical (unpaired) electrons. The van der Waals surface area contributed by atoms with Gasteiger partial charge in [-0.05, 0) is 35.4 Å². The second-order valence-corrected chi connectivity index (χ2v) is 9.24. The number of sulfone groups is 1. The fourth-order valence-electron chi connectivity index (χ4n) is 3.51. The van der Waals surface area contributed by atoms with Crippen LogP contribution in [-0.2, 0) is 16.3 Å². The van der Waals surface area contributed by atoms with Crippen LogP contribution in [0.3, 0.4) is 0 Å². The number of nitrogens with one attached hydrogen (secondary N) is 1. The van der Waals surface area contributed by atoms with Crippen LogP contribution in [0, 0.1) is 5.82 Å². The molecule has 0 saturated heterocycles. The van der Waals surface area contributed by atoms with E-state index in [4.69, 9.17) is 4.74 Å².